The summed E-state index contributed by atoms with van der Waals surface area (Å²) in [4.78, 5) is 13.1. The lowest BCUT2D eigenvalue weighted by Crippen LogP contribution is -2.46. The van der Waals surface area contributed by atoms with Crippen LogP contribution in [0.5, 0.6) is 0 Å². The fourth-order valence-corrected chi connectivity index (χ4v) is 3.88. The van der Waals surface area contributed by atoms with Crippen LogP contribution >= 0.6 is 0 Å². The number of allylic oxidation sites excluding steroid dienone is 1. The van der Waals surface area contributed by atoms with E-state index in [4.69, 9.17) is 14.2 Å². The quantitative estimate of drug-likeness (QED) is 0.401. The molecule has 3 aromatic rings. The summed E-state index contributed by atoms with van der Waals surface area (Å²) in [5.74, 6) is 0.0432. The second-order valence-corrected chi connectivity index (χ2v) is 8.17. The topological polar surface area (TPSA) is 44.8 Å². The second kappa shape index (κ2) is 12.3. The molecule has 0 aliphatic heterocycles. The van der Waals surface area contributed by atoms with E-state index in [0.717, 1.165) is 16.7 Å². The molecule has 3 aromatic carbocycles. The van der Waals surface area contributed by atoms with Crippen molar-refractivity contribution in [3.63, 3.8) is 0 Å². The Kier molecular flexibility index (Phi) is 8.59. The number of ether oxygens (including phenoxy) is 3. The molecular weight excluding hydrogens is 412 g/mol. The number of carbonyl (C=O) groups is 1. The molecule has 0 unspecified atom stereocenters. The van der Waals surface area contributed by atoms with E-state index in [1.54, 1.807) is 0 Å². The van der Waals surface area contributed by atoms with Crippen molar-refractivity contribution >= 4 is 5.78 Å². The third-order valence-corrected chi connectivity index (χ3v) is 5.67. The lowest BCUT2D eigenvalue weighted by molar-refractivity contribution is -0.161. The lowest BCUT2D eigenvalue weighted by Gasteiger charge is -2.33. The number of Topliss-reactive ketones (excluding diaryl/α,β-unsaturated/α-hetero) is 1. The zero-order valence-electron chi connectivity index (χ0n) is 18.7. The van der Waals surface area contributed by atoms with Gasteiger partial charge in [-0.05, 0) is 23.1 Å². The molecule has 0 N–H and O–H groups in total. The summed E-state index contributed by atoms with van der Waals surface area (Å²) in [5.41, 5.74) is 3.13. The molecule has 0 radical (unpaired) electrons. The predicted octanol–water partition coefficient (Wildman–Crippen LogP) is 5.66. The van der Waals surface area contributed by atoms with Crippen molar-refractivity contribution in [1.29, 1.82) is 0 Å². The number of ketones is 1. The summed E-state index contributed by atoms with van der Waals surface area (Å²) >= 11 is 0. The van der Waals surface area contributed by atoms with Gasteiger partial charge in [0, 0.05) is 6.42 Å². The average Bonchev–Trinajstić information content (AvgIpc) is 2.86. The third kappa shape index (κ3) is 6.96. The van der Waals surface area contributed by atoms with E-state index in [0.29, 0.717) is 32.7 Å². The largest absolute Gasteiger partial charge is 0.367 e. The van der Waals surface area contributed by atoms with Gasteiger partial charge in [-0.3, -0.25) is 4.79 Å². The molecule has 1 aliphatic carbocycles. The summed E-state index contributed by atoms with van der Waals surface area (Å²) in [6, 6.07) is 29.9. The highest BCUT2D eigenvalue weighted by Crippen LogP contribution is 2.23. The van der Waals surface area contributed by atoms with Gasteiger partial charge in [0.2, 0.25) is 0 Å². The molecule has 0 amide bonds. The molecule has 3 atom stereocenters. The van der Waals surface area contributed by atoms with E-state index in [1.165, 1.54) is 0 Å². The lowest BCUT2D eigenvalue weighted by atomic mass is 9.96. The number of benzene rings is 3. The first-order valence-electron chi connectivity index (χ1n) is 11.5. The van der Waals surface area contributed by atoms with Gasteiger partial charge in [-0.15, -0.1) is 0 Å². The van der Waals surface area contributed by atoms with Gasteiger partial charge in [0.1, 0.15) is 18.3 Å². The molecule has 170 valence electrons. The van der Waals surface area contributed by atoms with Gasteiger partial charge in [-0.1, -0.05) is 103 Å². The molecule has 0 bridgehead atoms. The molecule has 0 saturated carbocycles. The molecule has 4 heteroatoms. The highest BCUT2D eigenvalue weighted by molar-refractivity contribution is 5.84. The minimum absolute atomic E-state index is 0.0432. The van der Waals surface area contributed by atoms with Crippen LogP contribution in [0.15, 0.2) is 103 Å². The van der Waals surface area contributed by atoms with Crippen LogP contribution in [-0.2, 0) is 38.8 Å². The first-order valence-corrected chi connectivity index (χ1v) is 11.5. The summed E-state index contributed by atoms with van der Waals surface area (Å²) in [6.07, 6.45) is 3.46. The highest BCUT2D eigenvalue weighted by Gasteiger charge is 2.36. The van der Waals surface area contributed by atoms with Crippen LogP contribution in [0, 0.1) is 0 Å². The van der Waals surface area contributed by atoms with Crippen LogP contribution in [0.25, 0.3) is 0 Å². The molecule has 4 rings (SSSR count). The number of hydrogen-bond donors (Lipinski definition) is 0. The van der Waals surface area contributed by atoms with Gasteiger partial charge >= 0.3 is 0 Å². The number of carbonyl (C=O) groups excluding carboxylic acids is 1. The van der Waals surface area contributed by atoms with Gasteiger partial charge in [0.05, 0.1) is 19.8 Å². The maximum absolute atomic E-state index is 13.1. The van der Waals surface area contributed by atoms with Gasteiger partial charge in [0.15, 0.2) is 5.78 Å². The van der Waals surface area contributed by atoms with Crippen LogP contribution in [0.1, 0.15) is 29.5 Å². The van der Waals surface area contributed by atoms with Gasteiger partial charge in [-0.25, -0.2) is 0 Å². The Morgan fingerprint density at radius 2 is 1.12 bits per heavy atom. The van der Waals surface area contributed by atoms with Crippen molar-refractivity contribution in [2.75, 3.05) is 0 Å². The number of hydrogen-bond acceptors (Lipinski definition) is 4. The minimum atomic E-state index is -0.709. The minimum Gasteiger partial charge on any atom is -0.367 e. The van der Waals surface area contributed by atoms with E-state index < -0.39 is 18.3 Å². The second-order valence-electron chi connectivity index (χ2n) is 8.17. The highest BCUT2D eigenvalue weighted by atomic mass is 16.6. The molecule has 0 fully saturated rings. The Balaban J connectivity index is 1.54. The van der Waals surface area contributed by atoms with Crippen molar-refractivity contribution < 1.29 is 19.0 Å². The fourth-order valence-electron chi connectivity index (χ4n) is 3.88. The average molecular weight is 443 g/mol. The zero-order valence-corrected chi connectivity index (χ0v) is 18.7. The summed E-state index contributed by atoms with van der Waals surface area (Å²) < 4.78 is 18.9. The van der Waals surface area contributed by atoms with Crippen molar-refractivity contribution in [1.82, 2.24) is 0 Å². The van der Waals surface area contributed by atoms with Crippen molar-refractivity contribution in [3.8, 4) is 0 Å². The number of rotatable bonds is 9. The Morgan fingerprint density at radius 3 is 1.67 bits per heavy atom. The van der Waals surface area contributed by atoms with Crippen LogP contribution in [0.4, 0.5) is 0 Å². The van der Waals surface area contributed by atoms with E-state index >= 15 is 0 Å². The third-order valence-electron chi connectivity index (χ3n) is 5.67. The van der Waals surface area contributed by atoms with Crippen LogP contribution in [0.2, 0.25) is 0 Å². The Morgan fingerprint density at radius 1 is 0.636 bits per heavy atom. The monoisotopic (exact) mass is 442 g/mol. The summed E-state index contributed by atoms with van der Waals surface area (Å²) in [6.45, 7) is 1.15. The maximum atomic E-state index is 13.1. The van der Waals surface area contributed by atoms with Crippen molar-refractivity contribution in [2.45, 2.75) is 51.0 Å². The SMILES string of the molecule is O=C1CC/C=C\[C@H](OCc2ccccc2)[C@@H](OCc2ccccc2)[C@H]1OCc1ccccc1. The summed E-state index contributed by atoms with van der Waals surface area (Å²) in [7, 11) is 0. The smallest absolute Gasteiger partial charge is 0.164 e. The zero-order chi connectivity index (χ0) is 22.7. The molecule has 0 saturated heterocycles. The molecule has 33 heavy (non-hydrogen) atoms. The van der Waals surface area contributed by atoms with Crippen LogP contribution in [-0.4, -0.2) is 24.1 Å². The summed E-state index contributed by atoms with van der Waals surface area (Å²) in [5, 5.41) is 0. The first-order chi connectivity index (χ1) is 16.3. The van der Waals surface area contributed by atoms with Crippen LogP contribution in [0.3, 0.4) is 0 Å². The van der Waals surface area contributed by atoms with E-state index in [9.17, 15) is 4.79 Å². The normalized spacial score (nSPS) is 21.8. The molecule has 0 aromatic heterocycles. The van der Waals surface area contributed by atoms with Gasteiger partial charge in [-0.2, -0.15) is 0 Å². The Labute approximate surface area is 195 Å². The molecule has 0 heterocycles. The maximum Gasteiger partial charge on any atom is 0.164 e. The molecule has 4 nitrogen and oxygen atoms in total. The standard InChI is InChI=1S/C29H30O4/c30-26-18-10-11-19-27(31-20-23-12-4-1-5-13-23)29(33-22-25-16-8-3-9-17-25)28(26)32-21-24-14-6-2-7-15-24/h1-9,11-17,19,27-29H,10,18,20-22H2/b19-11-/t27-,28-,29+/m0/s1. The van der Waals surface area contributed by atoms with Gasteiger partial charge in [0.25, 0.3) is 0 Å². The fraction of sp³-hybridized carbons (Fsp3) is 0.276. The Bertz CT molecular complexity index is 1000. The Hall–Kier alpha value is -3.05. The predicted molar refractivity (Wildman–Crippen MR) is 128 cm³/mol. The first kappa shape index (κ1) is 23.1. The van der Waals surface area contributed by atoms with Crippen molar-refractivity contribution in [2.24, 2.45) is 0 Å². The van der Waals surface area contributed by atoms with E-state index in [1.807, 2.05) is 103 Å². The van der Waals surface area contributed by atoms with Crippen LogP contribution < -0.4 is 0 Å². The molecule has 1 aliphatic rings. The molecular formula is C29H30O4. The molecule has 0 spiro atoms. The van der Waals surface area contributed by atoms with Crippen molar-refractivity contribution in [3.05, 3.63) is 120 Å². The van der Waals surface area contributed by atoms with E-state index in [2.05, 4.69) is 0 Å². The van der Waals surface area contributed by atoms with E-state index in [-0.39, 0.29) is 5.78 Å². The van der Waals surface area contributed by atoms with Gasteiger partial charge < -0.3 is 14.2 Å².